The predicted molar refractivity (Wildman–Crippen MR) is 109 cm³/mol. The van der Waals surface area contributed by atoms with E-state index >= 15 is 0 Å². The van der Waals surface area contributed by atoms with Crippen LogP contribution in [0.4, 0.5) is 10.1 Å². The molecule has 0 unspecified atom stereocenters. The largest absolute Gasteiger partial charge is 0.497 e. The molecule has 0 aliphatic rings. The van der Waals surface area contributed by atoms with Crippen molar-refractivity contribution in [3.63, 3.8) is 0 Å². The van der Waals surface area contributed by atoms with Crippen LogP contribution in [0.1, 0.15) is 11.1 Å². The highest BCUT2D eigenvalue weighted by atomic mass is 35.5. The Balaban J connectivity index is 2.09. The number of ether oxygens (including phenoxy) is 1. The van der Waals surface area contributed by atoms with E-state index in [0.717, 1.165) is 11.6 Å². The van der Waals surface area contributed by atoms with Crippen LogP contribution in [0.25, 0.3) is 0 Å². The van der Waals surface area contributed by atoms with Crippen LogP contribution in [0.3, 0.4) is 0 Å². The molecule has 3 rings (SSSR count). The zero-order valence-electron chi connectivity index (χ0n) is 15.4. The maximum Gasteiger partial charge on any atom is 0.264 e. The number of sulfonamides is 1. The highest BCUT2D eigenvalue weighted by Crippen LogP contribution is 2.28. The van der Waals surface area contributed by atoms with Gasteiger partial charge in [-0.1, -0.05) is 29.8 Å². The van der Waals surface area contributed by atoms with Gasteiger partial charge in [-0.05, 0) is 66.6 Å². The summed E-state index contributed by atoms with van der Waals surface area (Å²) in [5, 5.41) is 0.490. The van der Waals surface area contributed by atoms with Crippen LogP contribution in [0.15, 0.2) is 71.6 Å². The van der Waals surface area contributed by atoms with Crippen molar-refractivity contribution in [3.05, 3.63) is 88.7 Å². The first-order valence-corrected chi connectivity index (χ1v) is 10.3. The van der Waals surface area contributed by atoms with Crippen molar-refractivity contribution in [2.24, 2.45) is 0 Å². The number of hydrogen-bond acceptors (Lipinski definition) is 3. The van der Waals surface area contributed by atoms with Crippen molar-refractivity contribution in [2.75, 3.05) is 11.4 Å². The lowest BCUT2D eigenvalue weighted by Crippen LogP contribution is -2.30. The molecule has 0 radical (unpaired) electrons. The van der Waals surface area contributed by atoms with Gasteiger partial charge in [-0.3, -0.25) is 4.31 Å². The number of nitrogens with zero attached hydrogens (tertiary/aromatic N) is 1. The Morgan fingerprint density at radius 1 is 1.04 bits per heavy atom. The molecule has 0 fully saturated rings. The molecule has 0 saturated heterocycles. The molecule has 0 heterocycles. The molecule has 0 atom stereocenters. The maximum atomic E-state index is 14.0. The van der Waals surface area contributed by atoms with E-state index < -0.39 is 15.8 Å². The maximum absolute atomic E-state index is 14.0. The average Bonchev–Trinajstić information content (AvgIpc) is 2.69. The van der Waals surface area contributed by atoms with Crippen molar-refractivity contribution >= 4 is 27.3 Å². The van der Waals surface area contributed by atoms with Gasteiger partial charge in [0.2, 0.25) is 0 Å². The molecule has 0 saturated carbocycles. The minimum Gasteiger partial charge on any atom is -0.497 e. The Hall–Kier alpha value is -2.57. The third-order valence-electron chi connectivity index (χ3n) is 4.31. The van der Waals surface area contributed by atoms with Crippen molar-refractivity contribution in [3.8, 4) is 5.75 Å². The van der Waals surface area contributed by atoms with Gasteiger partial charge in [0.25, 0.3) is 10.0 Å². The van der Waals surface area contributed by atoms with Gasteiger partial charge in [0.05, 0.1) is 24.2 Å². The summed E-state index contributed by atoms with van der Waals surface area (Å²) in [4.78, 5) is -0.117. The number of benzene rings is 3. The molecule has 0 amide bonds. The Labute approximate surface area is 169 Å². The lowest BCUT2D eigenvalue weighted by molar-refractivity contribution is 0.414. The van der Waals surface area contributed by atoms with E-state index in [1.54, 1.807) is 62.6 Å². The summed E-state index contributed by atoms with van der Waals surface area (Å²) >= 11 is 5.95. The number of anilines is 1. The molecule has 0 aliphatic carbocycles. The summed E-state index contributed by atoms with van der Waals surface area (Å²) in [6, 6.07) is 17.5. The fourth-order valence-electron chi connectivity index (χ4n) is 2.72. The number of methoxy groups -OCH3 is 1. The monoisotopic (exact) mass is 419 g/mol. The Bertz CT molecular complexity index is 1090. The van der Waals surface area contributed by atoms with Crippen LogP contribution >= 0.6 is 11.6 Å². The summed E-state index contributed by atoms with van der Waals surface area (Å²) in [5.74, 6) is 0.0471. The zero-order valence-corrected chi connectivity index (χ0v) is 17.0. The third kappa shape index (κ3) is 4.29. The molecule has 0 aromatic heterocycles. The molecular formula is C21H19ClFNO3S. The molecule has 0 bridgehead atoms. The molecule has 28 heavy (non-hydrogen) atoms. The Morgan fingerprint density at radius 3 is 2.39 bits per heavy atom. The van der Waals surface area contributed by atoms with Crippen LogP contribution in [0.2, 0.25) is 5.02 Å². The first-order valence-electron chi connectivity index (χ1n) is 8.48. The predicted octanol–water partition coefficient (Wildman–Crippen LogP) is 5.19. The van der Waals surface area contributed by atoms with E-state index in [0.29, 0.717) is 22.0 Å². The lowest BCUT2D eigenvalue weighted by Gasteiger charge is -2.25. The van der Waals surface area contributed by atoms with E-state index in [9.17, 15) is 12.8 Å². The van der Waals surface area contributed by atoms with E-state index in [2.05, 4.69) is 0 Å². The fourth-order valence-corrected chi connectivity index (χ4v) is 4.31. The number of rotatable bonds is 6. The minimum absolute atomic E-state index is 0.0522. The molecule has 4 nitrogen and oxygen atoms in total. The van der Waals surface area contributed by atoms with Gasteiger partial charge >= 0.3 is 0 Å². The van der Waals surface area contributed by atoms with Gasteiger partial charge in [-0.15, -0.1) is 0 Å². The van der Waals surface area contributed by atoms with Crippen molar-refractivity contribution in [2.45, 2.75) is 18.4 Å². The molecule has 0 aliphatic heterocycles. The number of aryl methyl sites for hydroxylation is 1. The Morgan fingerprint density at radius 2 is 1.75 bits per heavy atom. The van der Waals surface area contributed by atoms with Gasteiger partial charge in [-0.2, -0.15) is 0 Å². The van der Waals surface area contributed by atoms with Crippen molar-refractivity contribution < 1.29 is 17.5 Å². The minimum atomic E-state index is -4.01. The SMILES string of the molecule is COc1cccc(CN(c2ccc(Cl)cc2)S(=O)(=O)c2ccc(C)c(F)c2)c1. The third-order valence-corrected chi connectivity index (χ3v) is 6.33. The highest BCUT2D eigenvalue weighted by molar-refractivity contribution is 7.92. The molecule has 3 aromatic rings. The second kappa shape index (κ2) is 8.20. The summed E-state index contributed by atoms with van der Waals surface area (Å²) < 4.78 is 47.2. The van der Waals surface area contributed by atoms with E-state index in [1.807, 2.05) is 0 Å². The van der Waals surface area contributed by atoms with Crippen molar-refractivity contribution in [1.29, 1.82) is 0 Å². The van der Waals surface area contributed by atoms with Gasteiger partial charge in [-0.25, -0.2) is 12.8 Å². The Kier molecular flexibility index (Phi) is 5.91. The topological polar surface area (TPSA) is 46.6 Å². The van der Waals surface area contributed by atoms with Gasteiger partial charge < -0.3 is 4.74 Å². The summed E-state index contributed by atoms with van der Waals surface area (Å²) in [6.45, 7) is 1.63. The fraction of sp³-hybridized carbons (Fsp3) is 0.143. The van der Waals surface area contributed by atoms with Crippen LogP contribution < -0.4 is 9.04 Å². The van der Waals surface area contributed by atoms with Crippen LogP contribution in [0, 0.1) is 12.7 Å². The number of halogens is 2. The second-order valence-corrected chi connectivity index (χ2v) is 8.55. The van der Waals surface area contributed by atoms with Gasteiger partial charge in [0.1, 0.15) is 11.6 Å². The summed E-state index contributed by atoms with van der Waals surface area (Å²) in [7, 11) is -2.47. The van der Waals surface area contributed by atoms with E-state index in [4.69, 9.17) is 16.3 Å². The smallest absolute Gasteiger partial charge is 0.264 e. The standard InChI is InChI=1S/C21H19ClFNO3S/c1-15-6-11-20(13-21(15)23)28(25,26)24(18-9-7-17(22)8-10-18)14-16-4-3-5-19(12-16)27-2/h3-13H,14H2,1-2H3. The molecule has 0 spiro atoms. The van der Waals surface area contributed by atoms with E-state index in [-0.39, 0.29) is 11.4 Å². The number of hydrogen-bond donors (Lipinski definition) is 0. The molecule has 7 heteroatoms. The lowest BCUT2D eigenvalue weighted by atomic mass is 10.2. The first-order chi connectivity index (χ1) is 13.3. The molecule has 0 N–H and O–H groups in total. The van der Waals surface area contributed by atoms with Crippen LogP contribution in [-0.2, 0) is 16.6 Å². The first kappa shape index (κ1) is 20.2. The van der Waals surface area contributed by atoms with Gasteiger partial charge in [0, 0.05) is 5.02 Å². The molecule has 3 aromatic carbocycles. The normalized spacial score (nSPS) is 11.3. The highest BCUT2D eigenvalue weighted by Gasteiger charge is 2.26. The molecular weight excluding hydrogens is 401 g/mol. The van der Waals surface area contributed by atoms with Crippen LogP contribution in [-0.4, -0.2) is 15.5 Å². The van der Waals surface area contributed by atoms with E-state index in [1.165, 1.54) is 16.4 Å². The zero-order chi connectivity index (χ0) is 20.3. The van der Waals surface area contributed by atoms with Crippen LogP contribution in [0.5, 0.6) is 5.75 Å². The quantitative estimate of drug-likeness (QED) is 0.552. The molecule has 146 valence electrons. The van der Waals surface area contributed by atoms with Gasteiger partial charge in [0.15, 0.2) is 0 Å². The summed E-state index contributed by atoms with van der Waals surface area (Å²) in [5.41, 5.74) is 1.53. The average molecular weight is 420 g/mol. The second-order valence-electron chi connectivity index (χ2n) is 6.25. The summed E-state index contributed by atoms with van der Waals surface area (Å²) in [6.07, 6.45) is 0. The van der Waals surface area contributed by atoms with Crippen molar-refractivity contribution in [1.82, 2.24) is 0 Å².